The number of methoxy groups -OCH3 is 1. The summed E-state index contributed by atoms with van der Waals surface area (Å²) < 4.78 is 31.6. The van der Waals surface area contributed by atoms with Gasteiger partial charge in [-0.2, -0.15) is 0 Å². The summed E-state index contributed by atoms with van der Waals surface area (Å²) in [6.45, 7) is -0.525. The molecule has 0 saturated heterocycles. The lowest BCUT2D eigenvalue weighted by molar-refractivity contribution is -0.138. The summed E-state index contributed by atoms with van der Waals surface area (Å²) in [5, 5.41) is 0.444. The van der Waals surface area contributed by atoms with Gasteiger partial charge in [-0.1, -0.05) is 23.2 Å². The molecule has 0 aliphatic heterocycles. The third-order valence-electron chi connectivity index (χ3n) is 3.32. The Morgan fingerprint density at radius 1 is 1.16 bits per heavy atom. The van der Waals surface area contributed by atoms with Gasteiger partial charge in [0.2, 0.25) is 0 Å². The number of nitrogens with zero attached hydrogens (tertiary/aromatic N) is 1. The summed E-state index contributed by atoms with van der Waals surface area (Å²) in [7, 11) is -2.86. The van der Waals surface area contributed by atoms with Crippen molar-refractivity contribution in [2.75, 3.05) is 24.2 Å². The van der Waals surface area contributed by atoms with E-state index in [1.54, 1.807) is 12.1 Å². The molecule has 0 bridgehead atoms. The molecule has 9 heteroatoms. The topological polar surface area (TPSA) is 63.7 Å². The van der Waals surface area contributed by atoms with Gasteiger partial charge in [0.05, 0.1) is 22.7 Å². The highest BCUT2D eigenvalue weighted by atomic mass is 35.5. The molecular weight excluding hydrogens is 405 g/mol. The van der Waals surface area contributed by atoms with Crippen molar-refractivity contribution >= 4 is 56.6 Å². The van der Waals surface area contributed by atoms with Crippen LogP contribution in [0.4, 0.5) is 5.69 Å². The zero-order chi connectivity index (χ0) is 18.6. The zero-order valence-corrected chi connectivity index (χ0v) is 16.5. The van der Waals surface area contributed by atoms with Gasteiger partial charge in [0.1, 0.15) is 6.54 Å². The molecular formula is C16H15Cl2NO4S2. The average Bonchev–Trinajstić information content (AvgIpc) is 2.61. The number of hydrogen-bond acceptors (Lipinski definition) is 5. The molecule has 0 unspecified atom stereocenters. The zero-order valence-electron chi connectivity index (χ0n) is 13.4. The van der Waals surface area contributed by atoms with Crippen LogP contribution in [-0.4, -0.2) is 34.3 Å². The summed E-state index contributed by atoms with van der Waals surface area (Å²) in [6.07, 6.45) is 1.89. The first-order chi connectivity index (χ1) is 11.8. The van der Waals surface area contributed by atoms with Crippen LogP contribution < -0.4 is 4.31 Å². The van der Waals surface area contributed by atoms with Crippen LogP contribution >= 0.6 is 35.0 Å². The second kappa shape index (κ2) is 8.31. The Labute approximate surface area is 160 Å². The number of thioether (sulfide) groups is 1. The van der Waals surface area contributed by atoms with Crippen LogP contribution in [0.3, 0.4) is 0 Å². The Bertz CT molecular complexity index is 870. The fourth-order valence-electron chi connectivity index (χ4n) is 2.03. The highest BCUT2D eigenvalue weighted by Crippen LogP contribution is 2.33. The number of ether oxygens (including phenoxy) is 1. The lowest BCUT2D eigenvalue weighted by atomic mass is 10.3. The van der Waals surface area contributed by atoms with Crippen molar-refractivity contribution in [3.05, 3.63) is 52.5 Å². The normalized spacial score (nSPS) is 11.2. The molecule has 5 nitrogen and oxygen atoms in total. The average molecular weight is 420 g/mol. The minimum atomic E-state index is -4.04. The number of rotatable bonds is 6. The van der Waals surface area contributed by atoms with Gasteiger partial charge in [-0.3, -0.25) is 9.10 Å². The molecule has 0 N–H and O–H groups in total. The maximum absolute atomic E-state index is 13.1. The first-order valence-corrected chi connectivity index (χ1v) is 10.4. The van der Waals surface area contributed by atoms with Gasteiger partial charge in [-0.05, 0) is 48.7 Å². The Kier molecular flexibility index (Phi) is 6.62. The molecule has 2 aromatic rings. The summed E-state index contributed by atoms with van der Waals surface area (Å²) >= 11 is 13.6. The number of halogens is 2. The predicted molar refractivity (Wildman–Crippen MR) is 101 cm³/mol. The van der Waals surface area contributed by atoms with Crippen molar-refractivity contribution in [3.8, 4) is 0 Å². The molecule has 2 rings (SSSR count). The van der Waals surface area contributed by atoms with E-state index in [0.29, 0.717) is 5.02 Å². The molecule has 0 spiro atoms. The van der Waals surface area contributed by atoms with Crippen LogP contribution in [0.5, 0.6) is 0 Å². The van der Waals surface area contributed by atoms with E-state index in [1.807, 2.05) is 6.26 Å². The fourth-order valence-corrected chi connectivity index (χ4v) is 4.30. The van der Waals surface area contributed by atoms with Gasteiger partial charge in [0, 0.05) is 9.92 Å². The molecule has 25 heavy (non-hydrogen) atoms. The maximum Gasteiger partial charge on any atom is 0.326 e. The third kappa shape index (κ3) is 4.61. The summed E-state index contributed by atoms with van der Waals surface area (Å²) in [6, 6.07) is 10.7. The van der Waals surface area contributed by atoms with Crippen molar-refractivity contribution in [3.63, 3.8) is 0 Å². The van der Waals surface area contributed by atoms with Gasteiger partial charge in [-0.15, -0.1) is 11.8 Å². The third-order valence-corrected chi connectivity index (χ3v) is 6.40. The molecule has 0 heterocycles. The van der Waals surface area contributed by atoms with Crippen molar-refractivity contribution in [1.82, 2.24) is 0 Å². The van der Waals surface area contributed by atoms with Gasteiger partial charge in [-0.25, -0.2) is 8.42 Å². The highest BCUT2D eigenvalue weighted by Gasteiger charge is 2.29. The Balaban J connectivity index is 2.56. The van der Waals surface area contributed by atoms with Crippen molar-refractivity contribution in [2.24, 2.45) is 0 Å². The van der Waals surface area contributed by atoms with E-state index in [0.717, 1.165) is 9.20 Å². The van der Waals surface area contributed by atoms with Crippen LogP contribution in [0.1, 0.15) is 0 Å². The second-order valence-electron chi connectivity index (χ2n) is 4.86. The molecule has 0 saturated carbocycles. The van der Waals surface area contributed by atoms with Gasteiger partial charge in [0.25, 0.3) is 10.0 Å². The minimum absolute atomic E-state index is 0.0326. The molecule has 134 valence electrons. The fraction of sp³-hybridized carbons (Fsp3) is 0.188. The molecule has 0 radical (unpaired) electrons. The van der Waals surface area contributed by atoms with Gasteiger partial charge in [0.15, 0.2) is 0 Å². The summed E-state index contributed by atoms with van der Waals surface area (Å²) in [5.74, 6) is -0.722. The van der Waals surface area contributed by atoms with E-state index in [-0.39, 0.29) is 15.6 Å². The Morgan fingerprint density at radius 3 is 2.36 bits per heavy atom. The smallest absolute Gasteiger partial charge is 0.326 e. The number of anilines is 1. The number of hydrogen-bond donors (Lipinski definition) is 0. The van der Waals surface area contributed by atoms with Gasteiger partial charge >= 0.3 is 5.97 Å². The van der Waals surface area contributed by atoms with E-state index in [9.17, 15) is 13.2 Å². The Morgan fingerprint density at radius 2 is 1.80 bits per heavy atom. The minimum Gasteiger partial charge on any atom is -0.468 e. The second-order valence-corrected chi connectivity index (χ2v) is 8.44. The number of benzene rings is 2. The number of carbonyl (C=O) groups is 1. The van der Waals surface area contributed by atoms with E-state index in [2.05, 4.69) is 4.74 Å². The lowest BCUT2D eigenvalue weighted by Crippen LogP contribution is -2.36. The maximum atomic E-state index is 13.1. The first kappa shape index (κ1) is 19.9. The summed E-state index contributed by atoms with van der Waals surface area (Å²) in [5.41, 5.74) is 0.105. The van der Waals surface area contributed by atoms with Crippen LogP contribution in [-0.2, 0) is 19.6 Å². The molecule has 0 aliphatic rings. The summed E-state index contributed by atoms with van der Waals surface area (Å²) in [4.78, 5) is 12.7. The van der Waals surface area contributed by atoms with Crippen LogP contribution in [0.2, 0.25) is 10.0 Å². The molecule has 0 amide bonds. The van der Waals surface area contributed by atoms with Crippen LogP contribution in [0, 0.1) is 0 Å². The van der Waals surface area contributed by atoms with E-state index in [1.165, 1.54) is 49.2 Å². The molecule has 0 aromatic heterocycles. The van der Waals surface area contributed by atoms with E-state index in [4.69, 9.17) is 23.2 Å². The lowest BCUT2D eigenvalue weighted by Gasteiger charge is -2.24. The Hall–Kier alpha value is -1.41. The predicted octanol–water partition coefficient (Wildman–Crippen LogP) is 4.08. The van der Waals surface area contributed by atoms with Crippen molar-refractivity contribution in [1.29, 1.82) is 0 Å². The van der Waals surface area contributed by atoms with Crippen LogP contribution in [0.25, 0.3) is 0 Å². The largest absolute Gasteiger partial charge is 0.468 e. The van der Waals surface area contributed by atoms with E-state index < -0.39 is 22.5 Å². The van der Waals surface area contributed by atoms with Crippen LogP contribution in [0.15, 0.2) is 52.3 Å². The first-order valence-electron chi connectivity index (χ1n) is 6.98. The molecule has 0 atom stereocenters. The standard InChI is InChI=1S/C16H15Cl2NO4S2/c1-23-16(20)10-19(15-9-11(17)3-8-14(15)18)25(21,22)13-6-4-12(24-2)5-7-13/h3-9H,10H2,1-2H3. The van der Waals surface area contributed by atoms with Crippen molar-refractivity contribution in [2.45, 2.75) is 9.79 Å². The number of carbonyl (C=O) groups excluding carboxylic acids is 1. The van der Waals surface area contributed by atoms with Crippen molar-refractivity contribution < 1.29 is 17.9 Å². The van der Waals surface area contributed by atoms with Gasteiger partial charge < -0.3 is 4.74 Å². The molecule has 2 aromatic carbocycles. The SMILES string of the molecule is COC(=O)CN(c1cc(Cl)ccc1Cl)S(=O)(=O)c1ccc(SC)cc1. The molecule has 0 fully saturated rings. The number of esters is 1. The monoisotopic (exact) mass is 419 g/mol. The van der Waals surface area contributed by atoms with E-state index >= 15 is 0 Å². The highest BCUT2D eigenvalue weighted by molar-refractivity contribution is 7.98. The quantitative estimate of drug-likeness (QED) is 0.521. The molecule has 0 aliphatic carbocycles. The number of sulfonamides is 1.